The highest BCUT2D eigenvalue weighted by Crippen LogP contribution is 2.35. The molecule has 0 radical (unpaired) electrons. The van der Waals surface area contributed by atoms with Crippen LogP contribution in [0, 0.1) is 0 Å². The molecule has 166 valence electrons. The summed E-state index contributed by atoms with van der Waals surface area (Å²) in [5.74, 6) is 0. The fourth-order valence-electron chi connectivity index (χ4n) is 5.07. The van der Waals surface area contributed by atoms with Gasteiger partial charge in [0.15, 0.2) is 0 Å². The summed E-state index contributed by atoms with van der Waals surface area (Å²) in [5.41, 5.74) is 6.19. The first-order valence-electron chi connectivity index (χ1n) is 12.1. The zero-order valence-corrected chi connectivity index (χ0v) is 19.6. The molecule has 0 fully saturated rings. The van der Waals surface area contributed by atoms with E-state index in [4.69, 9.17) is 0 Å². The fraction of sp³-hybridized carbons (Fsp3) is 0.0286. The van der Waals surface area contributed by atoms with Gasteiger partial charge in [-0.2, -0.15) is 0 Å². The second-order valence-electron chi connectivity index (χ2n) is 9.05. The molecule has 0 atom stereocenters. The maximum absolute atomic E-state index is 4.33. The molecule has 1 aliphatic rings. The van der Waals surface area contributed by atoms with E-state index in [2.05, 4.69) is 140 Å². The molecule has 0 heterocycles. The maximum atomic E-state index is 4.33. The van der Waals surface area contributed by atoms with E-state index in [1.807, 2.05) is 0 Å². The average Bonchev–Trinajstić information content (AvgIpc) is 2.92. The molecule has 0 nitrogen and oxygen atoms in total. The molecule has 0 bridgehead atoms. The van der Waals surface area contributed by atoms with Crippen LogP contribution in [0.1, 0.15) is 12.0 Å². The third kappa shape index (κ3) is 4.05. The topological polar surface area (TPSA) is 0 Å². The van der Waals surface area contributed by atoms with Gasteiger partial charge in [-0.1, -0.05) is 128 Å². The van der Waals surface area contributed by atoms with Gasteiger partial charge in [-0.05, 0) is 78.4 Å². The molecular weight excluding hydrogens is 420 g/mol. The lowest BCUT2D eigenvalue weighted by Crippen LogP contribution is -2.25. The predicted molar refractivity (Wildman–Crippen MR) is 152 cm³/mol. The summed E-state index contributed by atoms with van der Waals surface area (Å²) in [4.78, 5) is 0. The van der Waals surface area contributed by atoms with Crippen LogP contribution in [0.3, 0.4) is 0 Å². The van der Waals surface area contributed by atoms with E-state index in [0.717, 1.165) is 11.6 Å². The Morgan fingerprint density at radius 1 is 0.686 bits per heavy atom. The van der Waals surface area contributed by atoms with E-state index in [1.165, 1.54) is 54.6 Å². The Morgan fingerprint density at radius 2 is 1.46 bits per heavy atom. The van der Waals surface area contributed by atoms with Gasteiger partial charge in [-0.25, -0.2) is 0 Å². The van der Waals surface area contributed by atoms with Crippen molar-refractivity contribution in [2.45, 2.75) is 6.42 Å². The predicted octanol–water partition coefficient (Wildman–Crippen LogP) is 7.71. The molecule has 1 aliphatic carbocycles. The van der Waals surface area contributed by atoms with E-state index in [0.29, 0.717) is 0 Å². The molecular formula is C35H26. The highest BCUT2D eigenvalue weighted by Gasteiger charge is 2.10. The van der Waals surface area contributed by atoms with Gasteiger partial charge in [-0.3, -0.25) is 0 Å². The van der Waals surface area contributed by atoms with Crippen molar-refractivity contribution in [3.05, 3.63) is 155 Å². The van der Waals surface area contributed by atoms with Gasteiger partial charge in [0.05, 0.1) is 0 Å². The van der Waals surface area contributed by atoms with E-state index in [-0.39, 0.29) is 0 Å². The Kier molecular flexibility index (Phi) is 5.48. The van der Waals surface area contributed by atoms with Gasteiger partial charge >= 0.3 is 0 Å². The third-order valence-corrected chi connectivity index (χ3v) is 6.80. The highest BCUT2D eigenvalue weighted by atomic mass is 14.1. The van der Waals surface area contributed by atoms with Gasteiger partial charge in [-0.15, -0.1) is 0 Å². The summed E-state index contributed by atoms with van der Waals surface area (Å²) in [6, 6.07) is 37.1. The average molecular weight is 447 g/mol. The van der Waals surface area contributed by atoms with Crippen LogP contribution in [0.2, 0.25) is 0 Å². The summed E-state index contributed by atoms with van der Waals surface area (Å²) in [6.45, 7) is 4.33. The third-order valence-electron chi connectivity index (χ3n) is 6.80. The van der Waals surface area contributed by atoms with Crippen LogP contribution in [-0.2, 0) is 0 Å². The number of allylic oxidation sites excluding steroid dienone is 6. The Bertz CT molecular complexity index is 1780. The summed E-state index contributed by atoms with van der Waals surface area (Å²) in [5, 5.41) is 7.34. The molecule has 0 aliphatic heterocycles. The number of fused-ring (bicyclic) bond motifs is 3. The van der Waals surface area contributed by atoms with Crippen LogP contribution in [0.25, 0.3) is 44.8 Å². The number of hydrogen-bond acceptors (Lipinski definition) is 0. The second-order valence-corrected chi connectivity index (χ2v) is 9.05. The summed E-state index contributed by atoms with van der Waals surface area (Å²) >= 11 is 0. The summed E-state index contributed by atoms with van der Waals surface area (Å²) < 4.78 is 0. The minimum absolute atomic E-state index is 0.939. The molecule has 5 aromatic carbocycles. The molecule has 0 amide bonds. The first-order valence-corrected chi connectivity index (χ1v) is 12.1. The van der Waals surface area contributed by atoms with Crippen LogP contribution < -0.4 is 10.4 Å². The van der Waals surface area contributed by atoms with Crippen LogP contribution in [0.5, 0.6) is 0 Å². The van der Waals surface area contributed by atoms with Gasteiger partial charge in [0, 0.05) is 0 Å². The van der Waals surface area contributed by atoms with Crippen molar-refractivity contribution >= 4 is 33.7 Å². The molecule has 6 rings (SSSR count). The molecule has 0 saturated carbocycles. The zero-order valence-electron chi connectivity index (χ0n) is 19.6. The standard InChI is InChI=1S/C35H26/c1-25-12-5-7-18-30(25)34(22-26-13-3-2-4-14-26)27-16-11-17-28(23-27)35-24-29-15-6-8-19-31(29)32-20-9-10-21-33(32)35/h2-13,15-24H,1,14H2/b26-22-,34-30+. The lowest BCUT2D eigenvalue weighted by molar-refractivity contribution is 1.26. The molecule has 0 aromatic heterocycles. The number of rotatable bonds is 3. The largest absolute Gasteiger partial charge is 0.0911 e. The first kappa shape index (κ1) is 21.1. The zero-order chi connectivity index (χ0) is 23.6. The second kappa shape index (κ2) is 9.08. The van der Waals surface area contributed by atoms with Crippen LogP contribution in [0.4, 0.5) is 0 Å². The molecule has 0 N–H and O–H groups in total. The minimum Gasteiger partial charge on any atom is -0.0911 e. The van der Waals surface area contributed by atoms with E-state index in [9.17, 15) is 0 Å². The quantitative estimate of drug-likeness (QED) is 0.249. The van der Waals surface area contributed by atoms with Crippen molar-refractivity contribution < 1.29 is 0 Å². The minimum atomic E-state index is 0.939. The smallest absolute Gasteiger partial charge is 0.00941 e. The van der Waals surface area contributed by atoms with Crippen LogP contribution in [-0.4, -0.2) is 0 Å². The van der Waals surface area contributed by atoms with Crippen molar-refractivity contribution in [2.75, 3.05) is 0 Å². The van der Waals surface area contributed by atoms with Gasteiger partial charge in [0.25, 0.3) is 0 Å². The molecule has 5 aromatic rings. The molecule has 35 heavy (non-hydrogen) atoms. The van der Waals surface area contributed by atoms with Crippen molar-refractivity contribution in [1.29, 1.82) is 0 Å². The summed E-state index contributed by atoms with van der Waals surface area (Å²) in [7, 11) is 0. The van der Waals surface area contributed by atoms with Gasteiger partial charge < -0.3 is 0 Å². The van der Waals surface area contributed by atoms with E-state index >= 15 is 0 Å². The van der Waals surface area contributed by atoms with Crippen molar-refractivity contribution in [3.63, 3.8) is 0 Å². The van der Waals surface area contributed by atoms with Crippen LogP contribution in [0.15, 0.2) is 139 Å². The lowest BCUT2D eigenvalue weighted by Gasteiger charge is -2.13. The van der Waals surface area contributed by atoms with E-state index < -0.39 is 0 Å². The molecule has 0 saturated heterocycles. The Labute approximate surface area is 206 Å². The maximum Gasteiger partial charge on any atom is -0.00941 e. The monoisotopic (exact) mass is 446 g/mol. The Morgan fingerprint density at radius 3 is 2.29 bits per heavy atom. The SMILES string of the molecule is C=c1cccc/c1=C(/C=C1/C=CC=CC1)c1cccc(-c2cc3ccccc3c3ccccc23)c1. The van der Waals surface area contributed by atoms with Gasteiger partial charge in [0.2, 0.25) is 0 Å². The number of benzene rings is 5. The molecule has 0 heteroatoms. The fourth-order valence-corrected chi connectivity index (χ4v) is 5.07. The van der Waals surface area contributed by atoms with E-state index in [1.54, 1.807) is 0 Å². The van der Waals surface area contributed by atoms with Gasteiger partial charge in [0.1, 0.15) is 0 Å². The van der Waals surface area contributed by atoms with Crippen LogP contribution >= 0.6 is 0 Å². The lowest BCUT2D eigenvalue weighted by atomic mass is 9.90. The molecule has 0 unspecified atom stereocenters. The van der Waals surface area contributed by atoms with Crippen molar-refractivity contribution in [2.24, 2.45) is 0 Å². The summed E-state index contributed by atoms with van der Waals surface area (Å²) in [6.07, 6.45) is 11.9. The van der Waals surface area contributed by atoms with Crippen molar-refractivity contribution in [3.8, 4) is 11.1 Å². The normalized spacial score (nSPS) is 15.1. The first-order chi connectivity index (χ1) is 17.3. The highest BCUT2D eigenvalue weighted by molar-refractivity contribution is 6.13. The van der Waals surface area contributed by atoms with Crippen molar-refractivity contribution in [1.82, 2.24) is 0 Å². The Hall–Kier alpha value is -4.42. The number of hydrogen-bond donors (Lipinski definition) is 0. The molecule has 0 spiro atoms. The Balaban J connectivity index is 1.61.